The molecule has 1 unspecified atom stereocenters. The van der Waals surface area contributed by atoms with Gasteiger partial charge < -0.3 is 9.88 Å². The molecule has 0 aliphatic rings. The van der Waals surface area contributed by atoms with E-state index in [-0.39, 0.29) is 11.7 Å². The first kappa shape index (κ1) is 18.5. The van der Waals surface area contributed by atoms with E-state index in [1.807, 2.05) is 6.92 Å². The average molecular weight is 390 g/mol. The third-order valence-corrected chi connectivity index (χ3v) is 4.76. The molecule has 0 aliphatic heterocycles. The summed E-state index contributed by atoms with van der Waals surface area (Å²) in [6.45, 7) is 3.61. The van der Waals surface area contributed by atoms with Gasteiger partial charge in [-0.15, -0.1) is 0 Å². The molecule has 29 heavy (non-hydrogen) atoms. The van der Waals surface area contributed by atoms with Crippen LogP contribution >= 0.6 is 0 Å². The molecule has 146 valence electrons. The molecular formula is C21H19FN6O. The lowest BCUT2D eigenvalue weighted by Gasteiger charge is -2.16. The van der Waals surface area contributed by atoms with E-state index in [0.29, 0.717) is 28.3 Å². The number of H-pyrrole nitrogens is 1. The molecule has 7 nitrogen and oxygen atoms in total. The van der Waals surface area contributed by atoms with E-state index < -0.39 is 6.04 Å². The lowest BCUT2D eigenvalue weighted by molar-refractivity contribution is 0.0940. The van der Waals surface area contributed by atoms with Gasteiger partial charge in [0, 0.05) is 30.4 Å². The van der Waals surface area contributed by atoms with Crippen molar-refractivity contribution in [3.63, 3.8) is 0 Å². The molecule has 0 radical (unpaired) electrons. The fraction of sp³-hybridized carbons (Fsp3) is 0.143. The van der Waals surface area contributed by atoms with Gasteiger partial charge in [-0.25, -0.2) is 9.37 Å². The van der Waals surface area contributed by atoms with Crippen LogP contribution in [0.1, 0.15) is 34.7 Å². The van der Waals surface area contributed by atoms with Crippen LogP contribution in [-0.4, -0.2) is 30.6 Å². The van der Waals surface area contributed by atoms with Gasteiger partial charge in [0.15, 0.2) is 0 Å². The highest BCUT2D eigenvalue weighted by molar-refractivity contribution is 5.99. The number of rotatable bonds is 5. The lowest BCUT2D eigenvalue weighted by Crippen LogP contribution is -2.27. The Balaban J connectivity index is 1.54. The first-order chi connectivity index (χ1) is 14.0. The molecule has 4 aromatic rings. The van der Waals surface area contributed by atoms with Crippen molar-refractivity contribution >= 4 is 5.91 Å². The normalized spacial score (nSPS) is 12.0. The predicted molar refractivity (Wildman–Crippen MR) is 106 cm³/mol. The molecule has 8 heteroatoms. The number of hydrogen-bond acceptors (Lipinski definition) is 4. The smallest absolute Gasteiger partial charge is 0.255 e. The maximum absolute atomic E-state index is 14.7. The Morgan fingerprint density at radius 3 is 2.69 bits per heavy atom. The first-order valence-electron chi connectivity index (χ1n) is 9.09. The zero-order valence-electron chi connectivity index (χ0n) is 15.9. The monoisotopic (exact) mass is 390 g/mol. The molecule has 1 atom stereocenters. The van der Waals surface area contributed by atoms with Gasteiger partial charge in [-0.05, 0) is 43.7 Å². The maximum atomic E-state index is 14.7. The number of aromatic nitrogens is 5. The number of benzene rings is 1. The number of aromatic amines is 1. The Hall–Kier alpha value is -3.81. The van der Waals surface area contributed by atoms with Gasteiger partial charge in [0.1, 0.15) is 11.6 Å². The zero-order chi connectivity index (χ0) is 20.4. The van der Waals surface area contributed by atoms with Crippen molar-refractivity contribution in [2.45, 2.75) is 19.9 Å². The molecule has 0 saturated heterocycles. The fourth-order valence-corrected chi connectivity index (χ4v) is 3.18. The summed E-state index contributed by atoms with van der Waals surface area (Å²) >= 11 is 0. The van der Waals surface area contributed by atoms with Gasteiger partial charge in [-0.1, -0.05) is 6.07 Å². The van der Waals surface area contributed by atoms with Gasteiger partial charge in [-0.3, -0.25) is 14.9 Å². The number of carbonyl (C=O) groups excluding carboxylic acids is 1. The molecule has 3 heterocycles. The number of nitrogens with zero attached hydrogens (tertiary/aromatic N) is 4. The molecule has 4 rings (SSSR count). The Bertz CT molecular complexity index is 1150. The van der Waals surface area contributed by atoms with Crippen molar-refractivity contribution in [2.75, 3.05) is 0 Å². The van der Waals surface area contributed by atoms with E-state index in [0.717, 1.165) is 5.56 Å². The van der Waals surface area contributed by atoms with Crippen molar-refractivity contribution in [3.05, 3.63) is 84.1 Å². The van der Waals surface area contributed by atoms with Crippen molar-refractivity contribution in [1.82, 2.24) is 30.0 Å². The summed E-state index contributed by atoms with van der Waals surface area (Å²) in [6, 6.07) is 8.10. The molecule has 1 amide bonds. The van der Waals surface area contributed by atoms with Gasteiger partial charge in [0.25, 0.3) is 5.91 Å². The number of carbonyl (C=O) groups is 1. The lowest BCUT2D eigenvalue weighted by atomic mass is 10.1. The van der Waals surface area contributed by atoms with Gasteiger partial charge in [0.05, 0.1) is 29.2 Å². The molecule has 0 aliphatic carbocycles. The largest absolute Gasteiger partial charge is 0.345 e. The number of nitrogens with one attached hydrogen (secondary N) is 2. The predicted octanol–water partition coefficient (Wildman–Crippen LogP) is 3.60. The van der Waals surface area contributed by atoms with Crippen LogP contribution in [0.25, 0.3) is 16.9 Å². The summed E-state index contributed by atoms with van der Waals surface area (Å²) in [5.74, 6) is 0.0140. The van der Waals surface area contributed by atoms with Gasteiger partial charge >= 0.3 is 0 Å². The van der Waals surface area contributed by atoms with Crippen LogP contribution < -0.4 is 5.32 Å². The van der Waals surface area contributed by atoms with Crippen molar-refractivity contribution < 1.29 is 9.18 Å². The quantitative estimate of drug-likeness (QED) is 0.545. The molecule has 1 aromatic carbocycles. The van der Waals surface area contributed by atoms with E-state index in [2.05, 4.69) is 25.5 Å². The third-order valence-electron chi connectivity index (χ3n) is 4.76. The highest BCUT2D eigenvalue weighted by Crippen LogP contribution is 2.23. The second-order valence-corrected chi connectivity index (χ2v) is 6.65. The molecule has 2 N–H and O–H groups in total. The number of imidazole rings is 1. The third kappa shape index (κ3) is 3.64. The Morgan fingerprint density at radius 1 is 1.21 bits per heavy atom. The summed E-state index contributed by atoms with van der Waals surface area (Å²) < 4.78 is 16.3. The highest BCUT2D eigenvalue weighted by Gasteiger charge is 2.19. The number of halogens is 1. The van der Waals surface area contributed by atoms with Crippen LogP contribution in [0.15, 0.2) is 61.3 Å². The van der Waals surface area contributed by atoms with E-state index in [1.54, 1.807) is 60.5 Å². The molecule has 3 aromatic heterocycles. The minimum absolute atomic E-state index is 0.298. The molecule has 0 saturated carbocycles. The van der Waals surface area contributed by atoms with Crippen LogP contribution in [0.3, 0.4) is 0 Å². The summed E-state index contributed by atoms with van der Waals surface area (Å²) in [5, 5.41) is 9.73. The molecule has 0 bridgehead atoms. The summed E-state index contributed by atoms with van der Waals surface area (Å²) in [6.07, 6.45) is 8.10. The maximum Gasteiger partial charge on any atom is 0.255 e. The van der Waals surface area contributed by atoms with Crippen molar-refractivity contribution in [1.29, 1.82) is 0 Å². The average Bonchev–Trinajstić information content (AvgIpc) is 3.38. The van der Waals surface area contributed by atoms with Gasteiger partial charge in [0.2, 0.25) is 0 Å². The second-order valence-electron chi connectivity index (χ2n) is 6.65. The van der Waals surface area contributed by atoms with Crippen LogP contribution in [-0.2, 0) is 0 Å². The first-order valence-corrected chi connectivity index (χ1v) is 9.09. The van der Waals surface area contributed by atoms with Crippen LogP contribution in [0.2, 0.25) is 0 Å². The number of amides is 1. The van der Waals surface area contributed by atoms with E-state index in [9.17, 15) is 9.18 Å². The van der Waals surface area contributed by atoms with E-state index in [4.69, 9.17) is 0 Å². The Kier molecular flexibility index (Phi) is 4.90. The zero-order valence-corrected chi connectivity index (χ0v) is 15.9. The van der Waals surface area contributed by atoms with Crippen molar-refractivity contribution in [2.24, 2.45) is 0 Å². The summed E-state index contributed by atoms with van der Waals surface area (Å²) in [4.78, 5) is 20.9. The van der Waals surface area contributed by atoms with Crippen molar-refractivity contribution in [3.8, 4) is 16.9 Å². The highest BCUT2D eigenvalue weighted by atomic mass is 19.1. The SMILES string of the molecule is Cc1nccn1-c1ccc(C(C)NC(=O)c2cn[nH]c2-c2ccncc2)cc1F. The molecule has 0 fully saturated rings. The topological polar surface area (TPSA) is 88.5 Å². The number of aryl methyl sites for hydroxylation is 1. The number of hydrogen-bond donors (Lipinski definition) is 2. The van der Waals surface area contributed by atoms with E-state index >= 15 is 0 Å². The summed E-state index contributed by atoms with van der Waals surface area (Å²) in [7, 11) is 0. The minimum atomic E-state index is -0.393. The fourth-order valence-electron chi connectivity index (χ4n) is 3.18. The van der Waals surface area contributed by atoms with Gasteiger partial charge in [-0.2, -0.15) is 5.10 Å². The minimum Gasteiger partial charge on any atom is -0.345 e. The number of pyridine rings is 1. The molecule has 0 spiro atoms. The van der Waals surface area contributed by atoms with Crippen LogP contribution in [0, 0.1) is 12.7 Å². The standard InChI is InChI=1S/C21H19FN6O/c1-13(16-3-4-19(18(22)11-16)28-10-9-24-14(28)2)26-21(29)17-12-25-27-20(17)15-5-7-23-8-6-15/h3-13H,1-2H3,(H,25,27)(H,26,29). The Labute approximate surface area is 166 Å². The summed E-state index contributed by atoms with van der Waals surface area (Å²) in [5.41, 5.74) is 2.90. The Morgan fingerprint density at radius 2 is 2.00 bits per heavy atom. The molecular weight excluding hydrogens is 371 g/mol. The van der Waals surface area contributed by atoms with Crippen LogP contribution in [0.4, 0.5) is 4.39 Å². The van der Waals surface area contributed by atoms with Crippen LogP contribution in [0.5, 0.6) is 0 Å². The van der Waals surface area contributed by atoms with E-state index in [1.165, 1.54) is 12.3 Å². The second kappa shape index (κ2) is 7.67.